The Morgan fingerprint density at radius 3 is 2.94 bits per heavy atom. The van der Waals surface area contributed by atoms with Gasteiger partial charge in [0.05, 0.1) is 11.0 Å². The summed E-state index contributed by atoms with van der Waals surface area (Å²) in [6, 6.07) is 4.86. The lowest BCUT2D eigenvalue weighted by Crippen LogP contribution is -2.38. The highest BCUT2D eigenvalue weighted by Crippen LogP contribution is 2.27. The van der Waals surface area contributed by atoms with E-state index >= 15 is 0 Å². The van der Waals surface area contributed by atoms with E-state index in [2.05, 4.69) is 0 Å². The molecular weight excluding hydrogens is 220 g/mol. The Balaban J connectivity index is 2.29. The Morgan fingerprint density at radius 2 is 2.29 bits per heavy atom. The summed E-state index contributed by atoms with van der Waals surface area (Å²) in [6.45, 7) is 3.33. The standard InChI is InChI=1S/C12H16N2O3/c1-9-4-5-10(14(16)17)7-12(9)13-6-2-3-11(15)8-13/h4-5,7,11,15H,2-3,6,8H2,1H3/t11-/m0/s1. The molecule has 5 heteroatoms. The van der Waals surface area contributed by atoms with Crippen LogP contribution in [0.5, 0.6) is 0 Å². The van der Waals surface area contributed by atoms with Gasteiger partial charge in [0.2, 0.25) is 0 Å². The number of hydrogen-bond acceptors (Lipinski definition) is 4. The third-order valence-electron chi connectivity index (χ3n) is 3.14. The summed E-state index contributed by atoms with van der Waals surface area (Å²) in [4.78, 5) is 12.4. The molecule has 0 bridgehead atoms. The largest absolute Gasteiger partial charge is 0.391 e. The van der Waals surface area contributed by atoms with Crippen LogP contribution in [0.3, 0.4) is 0 Å². The van der Waals surface area contributed by atoms with Crippen molar-refractivity contribution < 1.29 is 10.0 Å². The van der Waals surface area contributed by atoms with Crippen molar-refractivity contribution in [1.29, 1.82) is 0 Å². The summed E-state index contributed by atoms with van der Waals surface area (Å²) < 4.78 is 0. The first-order chi connectivity index (χ1) is 8.08. The summed E-state index contributed by atoms with van der Waals surface area (Å²) in [5, 5.41) is 20.4. The number of nitro benzene ring substituents is 1. The molecule has 1 aromatic carbocycles. The van der Waals surface area contributed by atoms with Crippen LogP contribution in [-0.2, 0) is 0 Å². The maximum atomic E-state index is 10.7. The number of nitro groups is 1. The molecule has 1 atom stereocenters. The van der Waals surface area contributed by atoms with E-state index in [4.69, 9.17) is 0 Å². The molecule has 2 rings (SSSR count). The molecule has 1 aliphatic rings. The smallest absolute Gasteiger partial charge is 0.271 e. The van der Waals surface area contributed by atoms with Gasteiger partial charge in [0.15, 0.2) is 0 Å². The van der Waals surface area contributed by atoms with Crippen molar-refractivity contribution in [2.45, 2.75) is 25.9 Å². The van der Waals surface area contributed by atoms with Crippen LogP contribution >= 0.6 is 0 Å². The van der Waals surface area contributed by atoms with Crippen LogP contribution in [0.25, 0.3) is 0 Å². The van der Waals surface area contributed by atoms with Crippen LogP contribution in [-0.4, -0.2) is 29.2 Å². The van der Waals surface area contributed by atoms with E-state index in [-0.39, 0.29) is 16.7 Å². The molecule has 0 spiro atoms. The molecule has 1 aromatic rings. The molecule has 0 aromatic heterocycles. The third-order valence-corrected chi connectivity index (χ3v) is 3.14. The average Bonchev–Trinajstić information content (AvgIpc) is 2.29. The number of hydrogen-bond donors (Lipinski definition) is 1. The first kappa shape index (κ1) is 11.9. The Morgan fingerprint density at radius 1 is 1.53 bits per heavy atom. The maximum Gasteiger partial charge on any atom is 0.271 e. The van der Waals surface area contributed by atoms with E-state index in [1.807, 2.05) is 11.8 Å². The molecule has 1 fully saturated rings. The number of aliphatic hydroxyl groups is 1. The summed E-state index contributed by atoms with van der Waals surface area (Å²) in [5.41, 5.74) is 1.97. The topological polar surface area (TPSA) is 66.6 Å². The van der Waals surface area contributed by atoms with Crippen LogP contribution in [0, 0.1) is 17.0 Å². The number of aliphatic hydroxyl groups excluding tert-OH is 1. The zero-order valence-corrected chi connectivity index (χ0v) is 9.80. The number of anilines is 1. The van der Waals surface area contributed by atoms with Gasteiger partial charge >= 0.3 is 0 Å². The number of aryl methyl sites for hydroxylation is 1. The molecular formula is C12H16N2O3. The maximum absolute atomic E-state index is 10.7. The zero-order valence-electron chi connectivity index (χ0n) is 9.80. The highest BCUT2D eigenvalue weighted by molar-refractivity contribution is 5.59. The lowest BCUT2D eigenvalue weighted by molar-refractivity contribution is -0.384. The quantitative estimate of drug-likeness (QED) is 0.628. The molecule has 17 heavy (non-hydrogen) atoms. The number of β-amino-alcohol motifs (C(OH)–C–C–N with tert-alkyl or cyclic N) is 1. The fourth-order valence-corrected chi connectivity index (χ4v) is 2.23. The first-order valence-electron chi connectivity index (χ1n) is 5.76. The van der Waals surface area contributed by atoms with E-state index in [0.29, 0.717) is 6.54 Å². The Kier molecular flexibility index (Phi) is 3.28. The van der Waals surface area contributed by atoms with Crippen molar-refractivity contribution in [3.05, 3.63) is 33.9 Å². The van der Waals surface area contributed by atoms with Crippen molar-refractivity contribution in [1.82, 2.24) is 0 Å². The Labute approximate surface area is 99.8 Å². The van der Waals surface area contributed by atoms with Gasteiger partial charge in [0.1, 0.15) is 0 Å². The molecule has 1 aliphatic heterocycles. The summed E-state index contributed by atoms with van der Waals surface area (Å²) >= 11 is 0. The summed E-state index contributed by atoms with van der Waals surface area (Å²) in [5.74, 6) is 0. The number of piperidine rings is 1. The van der Waals surface area contributed by atoms with E-state index in [0.717, 1.165) is 30.6 Å². The van der Waals surface area contributed by atoms with E-state index in [1.54, 1.807) is 12.1 Å². The molecule has 0 aliphatic carbocycles. The minimum absolute atomic E-state index is 0.102. The van der Waals surface area contributed by atoms with Crippen molar-refractivity contribution >= 4 is 11.4 Å². The first-order valence-corrected chi connectivity index (χ1v) is 5.76. The van der Waals surface area contributed by atoms with Gasteiger partial charge in [-0.3, -0.25) is 10.1 Å². The van der Waals surface area contributed by atoms with Gasteiger partial charge < -0.3 is 10.0 Å². The van der Waals surface area contributed by atoms with E-state index in [1.165, 1.54) is 6.07 Å². The van der Waals surface area contributed by atoms with Gasteiger partial charge in [-0.25, -0.2) is 0 Å². The van der Waals surface area contributed by atoms with Gasteiger partial charge in [-0.15, -0.1) is 0 Å². The van der Waals surface area contributed by atoms with Crippen LogP contribution in [0.2, 0.25) is 0 Å². The zero-order chi connectivity index (χ0) is 12.4. The Hall–Kier alpha value is -1.62. The minimum Gasteiger partial charge on any atom is -0.391 e. The number of nitrogens with zero attached hydrogens (tertiary/aromatic N) is 2. The molecule has 5 nitrogen and oxygen atoms in total. The van der Waals surface area contributed by atoms with Crippen LogP contribution in [0.1, 0.15) is 18.4 Å². The highest BCUT2D eigenvalue weighted by Gasteiger charge is 2.20. The lowest BCUT2D eigenvalue weighted by Gasteiger charge is -2.32. The number of benzene rings is 1. The lowest BCUT2D eigenvalue weighted by atomic mass is 10.1. The van der Waals surface area contributed by atoms with Crippen LogP contribution in [0.4, 0.5) is 11.4 Å². The van der Waals surface area contributed by atoms with Gasteiger partial charge in [-0.1, -0.05) is 6.07 Å². The number of rotatable bonds is 2. The summed E-state index contributed by atoms with van der Waals surface area (Å²) in [7, 11) is 0. The van der Waals surface area contributed by atoms with Gasteiger partial charge in [-0.2, -0.15) is 0 Å². The normalized spacial score (nSPS) is 20.4. The van der Waals surface area contributed by atoms with Gasteiger partial charge in [0.25, 0.3) is 5.69 Å². The van der Waals surface area contributed by atoms with Crippen LogP contribution < -0.4 is 4.90 Å². The molecule has 0 unspecified atom stereocenters. The van der Waals surface area contributed by atoms with Crippen molar-refractivity contribution in [3.8, 4) is 0 Å². The number of non-ortho nitro benzene ring substituents is 1. The second-order valence-corrected chi connectivity index (χ2v) is 4.47. The Bertz CT molecular complexity index is 434. The van der Waals surface area contributed by atoms with E-state index in [9.17, 15) is 15.2 Å². The van der Waals surface area contributed by atoms with Crippen LogP contribution in [0.15, 0.2) is 18.2 Å². The second-order valence-electron chi connectivity index (χ2n) is 4.47. The molecule has 1 saturated heterocycles. The monoisotopic (exact) mass is 236 g/mol. The van der Waals surface area contributed by atoms with Crippen molar-refractivity contribution in [3.63, 3.8) is 0 Å². The average molecular weight is 236 g/mol. The highest BCUT2D eigenvalue weighted by atomic mass is 16.6. The molecule has 0 saturated carbocycles. The molecule has 0 radical (unpaired) electrons. The SMILES string of the molecule is Cc1ccc([N+](=O)[O-])cc1N1CCC[C@H](O)C1. The van der Waals surface area contributed by atoms with Crippen molar-refractivity contribution in [2.24, 2.45) is 0 Å². The predicted molar refractivity (Wildman–Crippen MR) is 65.3 cm³/mol. The second kappa shape index (κ2) is 4.71. The molecule has 92 valence electrons. The van der Waals surface area contributed by atoms with Crippen molar-refractivity contribution in [2.75, 3.05) is 18.0 Å². The third kappa shape index (κ3) is 2.55. The fourth-order valence-electron chi connectivity index (χ4n) is 2.23. The molecule has 0 amide bonds. The van der Waals surface area contributed by atoms with Gasteiger partial charge in [-0.05, 0) is 25.3 Å². The van der Waals surface area contributed by atoms with Gasteiger partial charge in [0, 0.05) is 30.9 Å². The fraction of sp³-hybridized carbons (Fsp3) is 0.500. The minimum atomic E-state index is -0.386. The molecule has 1 heterocycles. The predicted octanol–water partition coefficient (Wildman–Crippen LogP) is 1.86. The van der Waals surface area contributed by atoms with E-state index < -0.39 is 0 Å². The summed E-state index contributed by atoms with van der Waals surface area (Å²) in [6.07, 6.45) is 1.40. The molecule has 1 N–H and O–H groups in total.